The second kappa shape index (κ2) is 8.75. The molecule has 0 saturated heterocycles. The molecule has 2 rings (SSSR count). The summed E-state index contributed by atoms with van der Waals surface area (Å²) in [5, 5.41) is 2.97. The molecule has 1 amide bonds. The van der Waals surface area contributed by atoms with Crippen molar-refractivity contribution in [3.8, 4) is 5.75 Å². The van der Waals surface area contributed by atoms with Crippen LogP contribution in [0.3, 0.4) is 0 Å². The Morgan fingerprint density at radius 3 is 2.50 bits per heavy atom. The van der Waals surface area contributed by atoms with Gasteiger partial charge in [-0.2, -0.15) is 0 Å². The van der Waals surface area contributed by atoms with Crippen molar-refractivity contribution < 1.29 is 9.53 Å². The monoisotopic (exact) mass is 354 g/mol. The standard InChI is InChI=1S/C22H30N2O2/c1-15(2)20-11-10-16(3)12-21(20)26-17(4)22(25)23-14-18-8-7-9-19(13-18)24(5)6/h7-13,15,17H,14H2,1-6H3,(H,23,25). The van der Waals surface area contributed by atoms with Gasteiger partial charge in [-0.15, -0.1) is 0 Å². The van der Waals surface area contributed by atoms with Crippen LogP contribution in [-0.4, -0.2) is 26.1 Å². The third-order valence-corrected chi connectivity index (χ3v) is 4.36. The molecule has 0 aliphatic heterocycles. The number of carbonyl (C=O) groups excluding carboxylic acids is 1. The number of hydrogen-bond donors (Lipinski definition) is 1. The predicted octanol–water partition coefficient (Wildman–Crippen LogP) is 4.27. The number of nitrogens with zero attached hydrogens (tertiary/aromatic N) is 1. The van der Waals surface area contributed by atoms with Crippen molar-refractivity contribution in [2.45, 2.75) is 46.3 Å². The highest BCUT2D eigenvalue weighted by Crippen LogP contribution is 2.28. The van der Waals surface area contributed by atoms with Crippen molar-refractivity contribution in [2.24, 2.45) is 0 Å². The van der Waals surface area contributed by atoms with Crippen molar-refractivity contribution in [1.82, 2.24) is 5.32 Å². The summed E-state index contributed by atoms with van der Waals surface area (Å²) >= 11 is 0. The van der Waals surface area contributed by atoms with E-state index in [1.165, 1.54) is 0 Å². The summed E-state index contributed by atoms with van der Waals surface area (Å²) in [6.07, 6.45) is -0.550. The first-order valence-electron chi connectivity index (χ1n) is 9.09. The lowest BCUT2D eigenvalue weighted by molar-refractivity contribution is -0.127. The van der Waals surface area contributed by atoms with E-state index in [9.17, 15) is 4.79 Å². The molecule has 0 saturated carbocycles. The van der Waals surface area contributed by atoms with Gasteiger partial charge in [0.25, 0.3) is 5.91 Å². The summed E-state index contributed by atoms with van der Waals surface area (Å²) in [6.45, 7) is 8.55. The molecule has 0 bridgehead atoms. The van der Waals surface area contributed by atoms with E-state index in [2.05, 4.69) is 37.4 Å². The average molecular weight is 354 g/mol. The molecule has 0 spiro atoms. The number of carbonyl (C=O) groups is 1. The smallest absolute Gasteiger partial charge is 0.261 e. The summed E-state index contributed by atoms with van der Waals surface area (Å²) in [5.41, 5.74) is 4.42. The Labute approximate surface area is 157 Å². The Hall–Kier alpha value is -2.49. The van der Waals surface area contributed by atoms with Gasteiger partial charge in [-0.05, 0) is 54.7 Å². The Morgan fingerprint density at radius 1 is 1.12 bits per heavy atom. The molecule has 1 atom stereocenters. The summed E-state index contributed by atoms with van der Waals surface area (Å²) < 4.78 is 5.98. The highest BCUT2D eigenvalue weighted by atomic mass is 16.5. The number of ether oxygens (including phenoxy) is 1. The fourth-order valence-corrected chi connectivity index (χ4v) is 2.74. The topological polar surface area (TPSA) is 41.6 Å². The minimum absolute atomic E-state index is 0.114. The van der Waals surface area contributed by atoms with E-state index < -0.39 is 6.10 Å². The third-order valence-electron chi connectivity index (χ3n) is 4.36. The maximum absolute atomic E-state index is 12.5. The lowest BCUT2D eigenvalue weighted by Crippen LogP contribution is -2.36. The third kappa shape index (κ3) is 5.25. The van der Waals surface area contributed by atoms with E-state index in [-0.39, 0.29) is 5.91 Å². The van der Waals surface area contributed by atoms with Crippen LogP contribution in [0.25, 0.3) is 0 Å². The molecular weight excluding hydrogens is 324 g/mol. The largest absolute Gasteiger partial charge is 0.481 e. The molecule has 1 unspecified atom stereocenters. The summed E-state index contributed by atoms with van der Waals surface area (Å²) in [5.74, 6) is 1.02. The Kier molecular flexibility index (Phi) is 6.67. The van der Waals surface area contributed by atoms with Gasteiger partial charge in [0.2, 0.25) is 0 Å². The highest BCUT2D eigenvalue weighted by Gasteiger charge is 2.17. The van der Waals surface area contributed by atoms with Crippen molar-refractivity contribution in [3.05, 3.63) is 59.2 Å². The van der Waals surface area contributed by atoms with Gasteiger partial charge in [-0.3, -0.25) is 4.79 Å². The molecule has 0 aliphatic rings. The maximum atomic E-state index is 12.5. The molecule has 0 heterocycles. The van der Waals surface area contributed by atoms with Crippen LogP contribution in [0.2, 0.25) is 0 Å². The first-order chi connectivity index (χ1) is 12.3. The van der Waals surface area contributed by atoms with Gasteiger partial charge >= 0.3 is 0 Å². The average Bonchev–Trinajstić information content (AvgIpc) is 2.59. The van der Waals surface area contributed by atoms with Gasteiger partial charge in [-0.25, -0.2) is 0 Å². The van der Waals surface area contributed by atoms with Crippen LogP contribution in [0.5, 0.6) is 5.75 Å². The van der Waals surface area contributed by atoms with E-state index in [1.54, 1.807) is 6.92 Å². The van der Waals surface area contributed by atoms with E-state index in [4.69, 9.17) is 4.74 Å². The molecule has 2 aromatic carbocycles. The van der Waals surface area contributed by atoms with Crippen LogP contribution in [0.1, 0.15) is 43.4 Å². The van der Waals surface area contributed by atoms with Gasteiger partial charge in [0.1, 0.15) is 5.75 Å². The van der Waals surface area contributed by atoms with Crippen LogP contribution in [0.4, 0.5) is 5.69 Å². The van der Waals surface area contributed by atoms with Crippen molar-refractivity contribution in [1.29, 1.82) is 0 Å². The molecule has 1 N–H and O–H groups in total. The first-order valence-corrected chi connectivity index (χ1v) is 9.09. The second-order valence-corrected chi connectivity index (χ2v) is 7.24. The molecule has 140 valence electrons. The maximum Gasteiger partial charge on any atom is 0.261 e. The fraction of sp³-hybridized carbons (Fsp3) is 0.409. The van der Waals surface area contributed by atoms with Gasteiger partial charge < -0.3 is 15.0 Å². The number of rotatable bonds is 7. The normalized spacial score (nSPS) is 12.0. The van der Waals surface area contributed by atoms with Crippen LogP contribution in [0, 0.1) is 6.92 Å². The fourth-order valence-electron chi connectivity index (χ4n) is 2.74. The summed E-state index contributed by atoms with van der Waals surface area (Å²) in [4.78, 5) is 14.5. The minimum atomic E-state index is -0.550. The second-order valence-electron chi connectivity index (χ2n) is 7.24. The van der Waals surface area contributed by atoms with Gasteiger partial charge in [0, 0.05) is 26.3 Å². The minimum Gasteiger partial charge on any atom is -0.481 e. The van der Waals surface area contributed by atoms with Crippen LogP contribution >= 0.6 is 0 Å². The molecular formula is C22H30N2O2. The number of amides is 1. The number of hydrogen-bond acceptors (Lipinski definition) is 3. The van der Waals surface area contributed by atoms with E-state index >= 15 is 0 Å². The van der Waals surface area contributed by atoms with E-state index in [0.29, 0.717) is 12.5 Å². The quantitative estimate of drug-likeness (QED) is 0.807. The number of aryl methyl sites for hydroxylation is 1. The van der Waals surface area contributed by atoms with Gasteiger partial charge in [-0.1, -0.05) is 38.1 Å². The van der Waals surface area contributed by atoms with Gasteiger partial charge in [0.15, 0.2) is 6.10 Å². The number of nitrogens with one attached hydrogen (secondary N) is 1. The lowest BCUT2D eigenvalue weighted by atomic mass is 10.0. The molecule has 0 radical (unpaired) electrons. The van der Waals surface area contributed by atoms with Gasteiger partial charge in [0.05, 0.1) is 0 Å². The lowest BCUT2D eigenvalue weighted by Gasteiger charge is -2.19. The van der Waals surface area contributed by atoms with Crippen molar-refractivity contribution in [3.63, 3.8) is 0 Å². The summed E-state index contributed by atoms with van der Waals surface area (Å²) in [6, 6.07) is 14.3. The van der Waals surface area contributed by atoms with Crippen LogP contribution < -0.4 is 15.0 Å². The Bertz CT molecular complexity index is 754. The van der Waals surface area contributed by atoms with Crippen molar-refractivity contribution in [2.75, 3.05) is 19.0 Å². The predicted molar refractivity (Wildman–Crippen MR) is 108 cm³/mol. The van der Waals surface area contributed by atoms with E-state index in [1.807, 2.05) is 50.2 Å². The SMILES string of the molecule is Cc1ccc(C(C)C)c(OC(C)C(=O)NCc2cccc(N(C)C)c2)c1. The molecule has 26 heavy (non-hydrogen) atoms. The Balaban J connectivity index is 2.00. The zero-order chi connectivity index (χ0) is 19.3. The molecule has 0 aromatic heterocycles. The molecule has 0 fully saturated rings. The Morgan fingerprint density at radius 2 is 1.85 bits per heavy atom. The summed E-state index contributed by atoms with van der Waals surface area (Å²) in [7, 11) is 4.00. The van der Waals surface area contributed by atoms with E-state index in [0.717, 1.165) is 28.1 Å². The van der Waals surface area contributed by atoms with Crippen LogP contribution in [0.15, 0.2) is 42.5 Å². The molecule has 2 aromatic rings. The zero-order valence-corrected chi connectivity index (χ0v) is 16.7. The molecule has 0 aliphatic carbocycles. The zero-order valence-electron chi connectivity index (χ0n) is 16.7. The first kappa shape index (κ1) is 19.8. The molecule has 4 heteroatoms. The van der Waals surface area contributed by atoms with Crippen LogP contribution in [-0.2, 0) is 11.3 Å². The van der Waals surface area contributed by atoms with Crippen molar-refractivity contribution >= 4 is 11.6 Å². The number of benzene rings is 2. The number of anilines is 1. The highest BCUT2D eigenvalue weighted by molar-refractivity contribution is 5.80. The molecule has 4 nitrogen and oxygen atoms in total.